The van der Waals surface area contributed by atoms with Gasteiger partial charge in [-0.1, -0.05) is 0 Å². The van der Waals surface area contributed by atoms with Crippen molar-refractivity contribution in [3.8, 4) is 0 Å². The molecule has 0 radical (unpaired) electrons. The van der Waals surface area contributed by atoms with Gasteiger partial charge in [-0.25, -0.2) is 0 Å². The molecule has 2 aromatic heterocycles. The smallest absolute Gasteiger partial charge is 0.278 e. The zero-order valence-electron chi connectivity index (χ0n) is 11.3. The van der Waals surface area contributed by atoms with Gasteiger partial charge >= 0.3 is 0 Å². The fourth-order valence-corrected chi connectivity index (χ4v) is 2.25. The second-order valence-corrected chi connectivity index (χ2v) is 4.69. The lowest BCUT2D eigenvalue weighted by Gasteiger charge is -2.15. The van der Waals surface area contributed by atoms with Crippen LogP contribution in [0.3, 0.4) is 0 Å². The van der Waals surface area contributed by atoms with Gasteiger partial charge in [0.05, 0.1) is 28.2 Å². The van der Waals surface area contributed by atoms with Crippen molar-refractivity contribution in [1.29, 1.82) is 0 Å². The van der Waals surface area contributed by atoms with Crippen molar-refractivity contribution in [2.75, 3.05) is 5.32 Å². The van der Waals surface area contributed by atoms with Crippen LogP contribution in [0.15, 0.2) is 42.9 Å². The van der Waals surface area contributed by atoms with E-state index in [0.29, 0.717) is 10.9 Å². The number of nitrogens with one attached hydrogen (secondary N) is 2. The molecular weight excluding hydrogens is 270 g/mol. The Kier molecular flexibility index (Phi) is 3.23. The van der Waals surface area contributed by atoms with Crippen molar-refractivity contribution >= 4 is 22.3 Å². The van der Waals surface area contributed by atoms with E-state index in [4.69, 9.17) is 0 Å². The largest absolute Gasteiger partial charge is 0.377 e. The van der Waals surface area contributed by atoms with E-state index in [1.807, 2.05) is 6.92 Å². The molecule has 1 unspecified atom stereocenters. The first-order chi connectivity index (χ1) is 10.2. The number of H-pyrrole nitrogens is 1. The van der Waals surface area contributed by atoms with Crippen LogP contribution in [0.1, 0.15) is 18.5 Å². The van der Waals surface area contributed by atoms with Crippen LogP contribution in [0.5, 0.6) is 0 Å². The molecule has 7 heteroatoms. The molecule has 2 N–H and O–H groups in total. The molecule has 0 fully saturated rings. The van der Waals surface area contributed by atoms with Crippen LogP contribution < -0.4 is 5.32 Å². The Morgan fingerprint density at radius 2 is 2.24 bits per heavy atom. The Morgan fingerprint density at radius 1 is 1.38 bits per heavy atom. The van der Waals surface area contributed by atoms with Crippen molar-refractivity contribution in [2.45, 2.75) is 13.0 Å². The second kappa shape index (κ2) is 5.20. The molecule has 3 rings (SSSR count). The lowest BCUT2D eigenvalue weighted by atomic mass is 10.1. The van der Waals surface area contributed by atoms with Gasteiger partial charge in [0.15, 0.2) is 0 Å². The fourth-order valence-electron chi connectivity index (χ4n) is 2.25. The van der Waals surface area contributed by atoms with E-state index in [9.17, 15) is 10.1 Å². The Labute approximate surface area is 120 Å². The Balaban J connectivity index is 2.04. The third kappa shape index (κ3) is 2.40. The zero-order chi connectivity index (χ0) is 14.8. The molecule has 21 heavy (non-hydrogen) atoms. The maximum atomic E-state index is 11.1. The van der Waals surface area contributed by atoms with E-state index in [1.165, 1.54) is 6.07 Å². The maximum absolute atomic E-state index is 11.1. The van der Waals surface area contributed by atoms with E-state index in [2.05, 4.69) is 20.5 Å². The molecule has 0 bridgehead atoms. The molecule has 0 spiro atoms. The van der Waals surface area contributed by atoms with E-state index in [-0.39, 0.29) is 11.7 Å². The number of nitro benzene ring substituents is 1. The minimum atomic E-state index is -0.396. The topological polar surface area (TPSA) is 96.7 Å². The predicted octanol–water partition coefficient (Wildman–Crippen LogP) is 3.04. The number of benzene rings is 1. The van der Waals surface area contributed by atoms with Gasteiger partial charge in [0, 0.05) is 24.0 Å². The molecule has 7 nitrogen and oxygen atoms in total. The van der Waals surface area contributed by atoms with Gasteiger partial charge in [0.25, 0.3) is 5.69 Å². The molecule has 3 aromatic rings. The average molecular weight is 283 g/mol. The van der Waals surface area contributed by atoms with Gasteiger partial charge < -0.3 is 5.32 Å². The van der Waals surface area contributed by atoms with Crippen molar-refractivity contribution in [1.82, 2.24) is 15.2 Å². The van der Waals surface area contributed by atoms with Crippen molar-refractivity contribution < 1.29 is 4.92 Å². The summed E-state index contributed by atoms with van der Waals surface area (Å²) in [5.41, 5.74) is 2.39. The Morgan fingerprint density at radius 3 is 2.95 bits per heavy atom. The number of nitrogens with zero attached hydrogens (tertiary/aromatic N) is 3. The van der Waals surface area contributed by atoms with Gasteiger partial charge in [-0.05, 0) is 25.1 Å². The lowest BCUT2D eigenvalue weighted by molar-refractivity contribution is -0.383. The molecule has 106 valence electrons. The first-order valence-corrected chi connectivity index (χ1v) is 6.44. The Hall–Kier alpha value is -2.96. The van der Waals surface area contributed by atoms with Crippen LogP contribution in [-0.2, 0) is 0 Å². The normalized spacial score (nSPS) is 12.2. The maximum Gasteiger partial charge on any atom is 0.278 e. The summed E-state index contributed by atoms with van der Waals surface area (Å²) in [6.07, 6.45) is 5.16. The van der Waals surface area contributed by atoms with E-state index < -0.39 is 4.92 Å². The highest BCUT2D eigenvalue weighted by Gasteiger charge is 2.16. The SMILES string of the molecule is CC(Nc1ccc([N+](=O)[O-])c2cccnc12)c1cn[nH]c1. The number of rotatable bonds is 4. The van der Waals surface area contributed by atoms with Gasteiger partial charge in [0.2, 0.25) is 0 Å². The number of pyridine rings is 1. The molecule has 1 atom stereocenters. The second-order valence-electron chi connectivity index (χ2n) is 4.69. The predicted molar refractivity (Wildman–Crippen MR) is 79.0 cm³/mol. The number of aromatic amines is 1. The van der Waals surface area contributed by atoms with Gasteiger partial charge in [0.1, 0.15) is 5.52 Å². The molecular formula is C14H13N5O2. The standard InChI is InChI=1S/C14H13N5O2/c1-9(10-7-16-17-8-10)18-12-4-5-13(19(20)21)11-3-2-6-15-14(11)12/h2-9,18H,1H3,(H,16,17). The molecule has 0 aliphatic heterocycles. The third-order valence-corrected chi connectivity index (χ3v) is 3.33. The summed E-state index contributed by atoms with van der Waals surface area (Å²) < 4.78 is 0. The summed E-state index contributed by atoms with van der Waals surface area (Å²) in [5, 5.41) is 21.6. The average Bonchev–Trinajstić information content (AvgIpc) is 3.01. The third-order valence-electron chi connectivity index (χ3n) is 3.33. The fraction of sp³-hybridized carbons (Fsp3) is 0.143. The van der Waals surface area contributed by atoms with E-state index in [1.54, 1.807) is 36.8 Å². The van der Waals surface area contributed by atoms with Gasteiger partial charge in [-0.2, -0.15) is 5.10 Å². The summed E-state index contributed by atoms with van der Waals surface area (Å²) in [5.74, 6) is 0. The molecule has 2 heterocycles. The monoisotopic (exact) mass is 283 g/mol. The molecule has 1 aromatic carbocycles. The minimum Gasteiger partial charge on any atom is -0.377 e. The number of hydrogen-bond acceptors (Lipinski definition) is 5. The van der Waals surface area contributed by atoms with E-state index in [0.717, 1.165) is 11.3 Å². The highest BCUT2D eigenvalue weighted by Crippen LogP contribution is 2.31. The van der Waals surface area contributed by atoms with Gasteiger partial charge in [-0.3, -0.25) is 20.2 Å². The quantitative estimate of drug-likeness (QED) is 0.566. The van der Waals surface area contributed by atoms with Crippen molar-refractivity contribution in [3.63, 3.8) is 0 Å². The van der Waals surface area contributed by atoms with Crippen LogP contribution in [-0.4, -0.2) is 20.1 Å². The van der Waals surface area contributed by atoms with Gasteiger partial charge in [-0.15, -0.1) is 0 Å². The molecule has 0 aliphatic rings. The molecule has 0 saturated heterocycles. The molecule has 0 amide bonds. The number of anilines is 1. The van der Waals surface area contributed by atoms with Crippen LogP contribution in [0.4, 0.5) is 11.4 Å². The number of hydrogen-bond donors (Lipinski definition) is 2. The summed E-state index contributed by atoms with van der Waals surface area (Å²) in [6, 6.07) is 6.58. The lowest BCUT2D eigenvalue weighted by Crippen LogP contribution is -2.06. The van der Waals surface area contributed by atoms with E-state index >= 15 is 0 Å². The first kappa shape index (κ1) is 13.0. The number of non-ortho nitro benzene ring substituents is 1. The van der Waals surface area contributed by atoms with Crippen molar-refractivity contribution in [2.24, 2.45) is 0 Å². The van der Waals surface area contributed by atoms with Crippen LogP contribution in [0, 0.1) is 10.1 Å². The highest BCUT2D eigenvalue weighted by atomic mass is 16.6. The molecule has 0 saturated carbocycles. The first-order valence-electron chi connectivity index (χ1n) is 6.44. The summed E-state index contributed by atoms with van der Waals surface area (Å²) in [4.78, 5) is 15.0. The van der Waals surface area contributed by atoms with Crippen LogP contribution >= 0.6 is 0 Å². The number of aromatic nitrogens is 3. The van der Waals surface area contributed by atoms with Crippen LogP contribution in [0.2, 0.25) is 0 Å². The zero-order valence-corrected chi connectivity index (χ0v) is 11.3. The number of fused-ring (bicyclic) bond motifs is 1. The highest BCUT2D eigenvalue weighted by molar-refractivity contribution is 5.96. The summed E-state index contributed by atoms with van der Waals surface area (Å²) in [7, 11) is 0. The number of nitro groups is 1. The minimum absolute atomic E-state index is 0.00964. The van der Waals surface area contributed by atoms with Crippen LogP contribution in [0.25, 0.3) is 10.9 Å². The van der Waals surface area contributed by atoms with Crippen molar-refractivity contribution in [3.05, 3.63) is 58.5 Å². The molecule has 0 aliphatic carbocycles. The summed E-state index contributed by atoms with van der Waals surface area (Å²) >= 11 is 0. The summed E-state index contributed by atoms with van der Waals surface area (Å²) in [6.45, 7) is 1.99. The Bertz CT molecular complexity index is 785.